The van der Waals surface area contributed by atoms with E-state index in [-0.39, 0.29) is 5.56 Å². The number of carbonyl (C=O) groups is 1. The van der Waals surface area contributed by atoms with Crippen molar-refractivity contribution in [3.8, 4) is 0 Å². The zero-order valence-corrected chi connectivity index (χ0v) is 17.8. The first kappa shape index (κ1) is 21.4. The van der Waals surface area contributed by atoms with Gasteiger partial charge in [-0.15, -0.1) is 0 Å². The van der Waals surface area contributed by atoms with Crippen LogP contribution in [0, 0.1) is 0 Å². The summed E-state index contributed by atoms with van der Waals surface area (Å²) in [5.74, 6) is -0.920. The minimum absolute atomic E-state index is 0.279. The predicted molar refractivity (Wildman–Crippen MR) is 125 cm³/mol. The van der Waals surface area contributed by atoms with Crippen LogP contribution in [0.15, 0.2) is 72.8 Å². The van der Waals surface area contributed by atoms with Crippen LogP contribution < -0.4 is 10.2 Å². The highest BCUT2D eigenvalue weighted by Crippen LogP contribution is 2.20. The van der Waals surface area contributed by atoms with E-state index in [0.29, 0.717) is 0 Å². The van der Waals surface area contributed by atoms with E-state index in [4.69, 9.17) is 5.11 Å². The zero-order valence-electron chi connectivity index (χ0n) is 17.8. The summed E-state index contributed by atoms with van der Waals surface area (Å²) in [6.45, 7) is 6.44. The van der Waals surface area contributed by atoms with E-state index in [0.717, 1.165) is 43.7 Å². The van der Waals surface area contributed by atoms with Gasteiger partial charge >= 0.3 is 5.97 Å². The molecule has 30 heavy (non-hydrogen) atoms. The monoisotopic (exact) mass is 402 g/mol. The molecule has 0 aliphatic rings. The Morgan fingerprint density at radius 1 is 0.833 bits per heavy atom. The van der Waals surface area contributed by atoms with E-state index >= 15 is 0 Å². The van der Waals surface area contributed by atoms with Gasteiger partial charge in [0.2, 0.25) is 0 Å². The Labute approximate surface area is 179 Å². The van der Waals surface area contributed by atoms with Crippen LogP contribution in [0.3, 0.4) is 0 Å². The quantitative estimate of drug-likeness (QED) is 0.427. The maximum atomic E-state index is 11.1. The molecule has 0 aliphatic carbocycles. The molecular weight excluding hydrogens is 372 g/mol. The van der Waals surface area contributed by atoms with Gasteiger partial charge < -0.3 is 15.3 Å². The Morgan fingerprint density at radius 3 is 2.00 bits per heavy atom. The van der Waals surface area contributed by atoms with Gasteiger partial charge in [-0.1, -0.05) is 30.3 Å². The van der Waals surface area contributed by atoms with Crippen molar-refractivity contribution in [3.05, 3.63) is 89.5 Å². The molecule has 0 unspecified atom stereocenters. The van der Waals surface area contributed by atoms with E-state index in [1.54, 1.807) is 18.2 Å². The van der Waals surface area contributed by atoms with Gasteiger partial charge in [-0.2, -0.15) is 0 Å². The lowest BCUT2D eigenvalue weighted by atomic mass is 10.0. The molecule has 0 saturated heterocycles. The third-order valence-corrected chi connectivity index (χ3v) is 5.35. The molecule has 0 fully saturated rings. The molecule has 0 saturated carbocycles. The van der Waals surface area contributed by atoms with Gasteiger partial charge in [-0.25, -0.2) is 4.79 Å². The number of benzene rings is 3. The Hall–Kier alpha value is -3.27. The Bertz CT molecular complexity index is 946. The van der Waals surface area contributed by atoms with Crippen LogP contribution in [0.4, 0.5) is 17.1 Å². The van der Waals surface area contributed by atoms with Crippen LogP contribution >= 0.6 is 0 Å². The van der Waals surface area contributed by atoms with Crippen molar-refractivity contribution in [2.75, 3.05) is 23.3 Å². The fourth-order valence-electron chi connectivity index (χ4n) is 3.61. The van der Waals surface area contributed by atoms with E-state index in [2.05, 4.69) is 60.5 Å². The highest BCUT2D eigenvalue weighted by molar-refractivity contribution is 5.89. The molecule has 0 radical (unpaired) electrons. The van der Waals surface area contributed by atoms with Crippen LogP contribution in [-0.4, -0.2) is 24.2 Å². The molecule has 3 aromatic rings. The van der Waals surface area contributed by atoms with Crippen LogP contribution in [-0.2, 0) is 12.8 Å². The first-order chi connectivity index (χ1) is 14.6. The third kappa shape index (κ3) is 5.86. The molecule has 0 aromatic heterocycles. The summed E-state index contributed by atoms with van der Waals surface area (Å²) in [5.41, 5.74) is 5.98. The number of nitrogens with one attached hydrogen (secondary N) is 1. The zero-order chi connectivity index (χ0) is 21.3. The van der Waals surface area contributed by atoms with Crippen LogP contribution in [0.1, 0.15) is 41.8 Å². The average Bonchev–Trinajstić information content (AvgIpc) is 2.77. The third-order valence-electron chi connectivity index (χ3n) is 5.35. The van der Waals surface area contributed by atoms with E-state index in [9.17, 15) is 4.79 Å². The molecule has 0 amide bonds. The molecule has 3 aromatic carbocycles. The lowest BCUT2D eigenvalue weighted by Gasteiger charge is -2.21. The van der Waals surface area contributed by atoms with Gasteiger partial charge in [-0.05, 0) is 86.7 Å². The van der Waals surface area contributed by atoms with Gasteiger partial charge in [0.05, 0.1) is 5.56 Å². The summed E-state index contributed by atoms with van der Waals surface area (Å²) in [6.07, 6.45) is 3.21. The van der Waals surface area contributed by atoms with Gasteiger partial charge in [0.15, 0.2) is 0 Å². The highest BCUT2D eigenvalue weighted by Gasteiger charge is 2.04. The molecule has 4 nitrogen and oxygen atoms in total. The number of aryl methyl sites for hydroxylation is 2. The van der Waals surface area contributed by atoms with Crippen molar-refractivity contribution in [3.63, 3.8) is 0 Å². The molecule has 0 heterocycles. The van der Waals surface area contributed by atoms with Gasteiger partial charge in [-0.3, -0.25) is 0 Å². The lowest BCUT2D eigenvalue weighted by Crippen LogP contribution is -2.21. The Morgan fingerprint density at radius 2 is 1.43 bits per heavy atom. The summed E-state index contributed by atoms with van der Waals surface area (Å²) in [5, 5.41) is 12.4. The number of carboxylic acid groups (broad SMARTS) is 1. The normalized spacial score (nSPS) is 10.6. The minimum Gasteiger partial charge on any atom is -0.478 e. The summed E-state index contributed by atoms with van der Waals surface area (Å²) in [6, 6.07) is 24.1. The molecular formula is C26H30N2O2. The predicted octanol–water partition coefficient (Wildman–Crippen LogP) is 6.15. The number of rotatable bonds is 10. The van der Waals surface area contributed by atoms with Crippen molar-refractivity contribution in [1.29, 1.82) is 0 Å². The number of nitrogens with zero attached hydrogens (tertiary/aromatic N) is 1. The molecule has 0 atom stereocenters. The number of aromatic carboxylic acids is 1. The number of carboxylic acids is 1. The topological polar surface area (TPSA) is 52.6 Å². The Kier molecular flexibility index (Phi) is 7.50. The van der Waals surface area contributed by atoms with E-state index in [1.165, 1.54) is 16.8 Å². The van der Waals surface area contributed by atoms with E-state index in [1.807, 2.05) is 18.2 Å². The second-order valence-corrected chi connectivity index (χ2v) is 7.40. The van der Waals surface area contributed by atoms with E-state index < -0.39 is 5.97 Å². The number of anilines is 3. The number of hydrogen-bond donors (Lipinski definition) is 2. The molecule has 3 rings (SSSR count). The smallest absolute Gasteiger partial charge is 0.335 e. The largest absolute Gasteiger partial charge is 0.478 e. The maximum Gasteiger partial charge on any atom is 0.335 e. The molecule has 2 N–H and O–H groups in total. The summed E-state index contributed by atoms with van der Waals surface area (Å²) in [7, 11) is 0. The number of hydrogen-bond acceptors (Lipinski definition) is 3. The first-order valence-corrected chi connectivity index (χ1v) is 10.6. The minimum atomic E-state index is -0.920. The van der Waals surface area contributed by atoms with Crippen molar-refractivity contribution in [2.24, 2.45) is 0 Å². The van der Waals surface area contributed by atoms with Gasteiger partial charge in [0.25, 0.3) is 0 Å². The summed E-state index contributed by atoms with van der Waals surface area (Å²) in [4.78, 5) is 13.5. The van der Waals surface area contributed by atoms with Crippen LogP contribution in [0.25, 0.3) is 0 Å². The molecule has 0 bridgehead atoms. The van der Waals surface area contributed by atoms with Crippen LogP contribution in [0.5, 0.6) is 0 Å². The van der Waals surface area contributed by atoms with Crippen molar-refractivity contribution in [2.45, 2.75) is 33.1 Å². The lowest BCUT2D eigenvalue weighted by molar-refractivity contribution is 0.0697. The molecule has 0 spiro atoms. The summed E-state index contributed by atoms with van der Waals surface area (Å²) < 4.78 is 0. The SMILES string of the molecule is CCN(CC)c1ccc(CCCc2ccc(Nc3cccc(C(=O)O)c3)cc2)cc1. The first-order valence-electron chi connectivity index (χ1n) is 10.6. The second-order valence-electron chi connectivity index (χ2n) is 7.40. The van der Waals surface area contributed by atoms with Gasteiger partial charge in [0, 0.05) is 30.2 Å². The standard InChI is InChI=1S/C26H30N2O2/c1-3-28(4-2)25-17-13-21(14-18-25)8-5-7-20-11-15-23(16-12-20)27-24-10-6-9-22(19-24)26(29)30/h6,9-19,27H,3-5,7-8H2,1-2H3,(H,29,30). The molecule has 0 aliphatic heterocycles. The van der Waals surface area contributed by atoms with Crippen molar-refractivity contribution >= 4 is 23.0 Å². The van der Waals surface area contributed by atoms with Crippen molar-refractivity contribution < 1.29 is 9.90 Å². The fourth-order valence-corrected chi connectivity index (χ4v) is 3.61. The van der Waals surface area contributed by atoms with Gasteiger partial charge in [0.1, 0.15) is 0 Å². The Balaban J connectivity index is 1.50. The molecule has 156 valence electrons. The average molecular weight is 403 g/mol. The van der Waals surface area contributed by atoms with Crippen LogP contribution in [0.2, 0.25) is 0 Å². The molecule has 4 heteroatoms. The fraction of sp³-hybridized carbons (Fsp3) is 0.269. The van der Waals surface area contributed by atoms with Crippen molar-refractivity contribution in [1.82, 2.24) is 0 Å². The second kappa shape index (κ2) is 10.5. The summed E-state index contributed by atoms with van der Waals surface area (Å²) >= 11 is 0. The highest BCUT2D eigenvalue weighted by atomic mass is 16.4. The maximum absolute atomic E-state index is 11.1.